The van der Waals surface area contributed by atoms with Crippen LogP contribution in [-0.2, 0) is 4.79 Å². The first-order valence-corrected chi connectivity index (χ1v) is 9.89. The van der Waals surface area contributed by atoms with E-state index in [2.05, 4.69) is 4.98 Å². The highest BCUT2D eigenvalue weighted by Gasteiger charge is 2.21. The Morgan fingerprint density at radius 1 is 1.25 bits per heavy atom. The maximum absolute atomic E-state index is 12.6. The Morgan fingerprint density at radius 2 is 2.04 bits per heavy atom. The number of nitrogens with zero attached hydrogens (tertiary/aromatic N) is 2. The monoisotopic (exact) mass is 396 g/mol. The molecule has 0 saturated carbocycles. The smallest absolute Gasteiger partial charge is 0.260 e. The summed E-state index contributed by atoms with van der Waals surface area (Å²) in [4.78, 5) is 19.0. The number of methoxy groups -OCH3 is 1. The Kier molecular flexibility index (Phi) is 6.31. The Balaban J connectivity index is 1.67. The Hall–Kier alpha value is -2.86. The van der Waals surface area contributed by atoms with Gasteiger partial charge in [-0.1, -0.05) is 30.4 Å². The molecule has 28 heavy (non-hydrogen) atoms. The molecule has 0 bridgehead atoms. The van der Waals surface area contributed by atoms with E-state index in [-0.39, 0.29) is 18.6 Å². The van der Waals surface area contributed by atoms with Gasteiger partial charge in [-0.25, -0.2) is 4.98 Å². The van der Waals surface area contributed by atoms with E-state index < -0.39 is 0 Å². The van der Waals surface area contributed by atoms with E-state index in [4.69, 9.17) is 9.47 Å². The van der Waals surface area contributed by atoms with Gasteiger partial charge in [-0.05, 0) is 43.7 Å². The molecule has 1 heterocycles. The second-order valence-electron chi connectivity index (χ2n) is 6.40. The van der Waals surface area contributed by atoms with Crippen molar-refractivity contribution in [3.63, 3.8) is 0 Å². The molecule has 5 nitrogen and oxygen atoms in total. The maximum Gasteiger partial charge on any atom is 0.260 e. The van der Waals surface area contributed by atoms with E-state index in [1.165, 1.54) is 0 Å². The molecule has 0 unspecified atom stereocenters. The fraction of sp³-hybridized carbons (Fsp3) is 0.273. The average molecular weight is 397 g/mol. The summed E-state index contributed by atoms with van der Waals surface area (Å²) in [6.45, 7) is 3.87. The molecule has 1 aromatic heterocycles. The highest BCUT2D eigenvalue weighted by atomic mass is 32.1. The third-order valence-corrected chi connectivity index (χ3v) is 5.75. The van der Waals surface area contributed by atoms with Crippen LogP contribution in [0.2, 0.25) is 0 Å². The second kappa shape index (κ2) is 8.89. The summed E-state index contributed by atoms with van der Waals surface area (Å²) in [6, 6.07) is 13.5. The highest BCUT2D eigenvalue weighted by molar-refractivity contribution is 7.18. The average Bonchev–Trinajstić information content (AvgIpc) is 3.15. The molecule has 1 atom stereocenters. The molecule has 6 heteroatoms. The topological polar surface area (TPSA) is 51.7 Å². The van der Waals surface area contributed by atoms with E-state index >= 15 is 0 Å². The zero-order valence-electron chi connectivity index (χ0n) is 16.5. The molecule has 0 aliphatic heterocycles. The SMILES string of the molecule is C/C=C/c1ccc(OCC(=O)N(C)[C@H](C)c2nc3ccccc3s2)c(OC)c1. The molecular formula is C22H24N2O3S. The van der Waals surface area contributed by atoms with Gasteiger partial charge in [0.2, 0.25) is 0 Å². The number of amides is 1. The largest absolute Gasteiger partial charge is 0.493 e. The number of thiazole rings is 1. The van der Waals surface area contributed by atoms with Crippen LogP contribution in [0.3, 0.4) is 0 Å². The molecule has 0 radical (unpaired) electrons. The van der Waals surface area contributed by atoms with Crippen molar-refractivity contribution in [1.29, 1.82) is 0 Å². The van der Waals surface area contributed by atoms with Gasteiger partial charge >= 0.3 is 0 Å². The number of hydrogen-bond donors (Lipinski definition) is 0. The minimum atomic E-state index is -0.132. The molecule has 0 aliphatic carbocycles. The van der Waals surface area contributed by atoms with Crippen molar-refractivity contribution in [2.75, 3.05) is 20.8 Å². The van der Waals surface area contributed by atoms with Gasteiger partial charge in [0.1, 0.15) is 5.01 Å². The number of ether oxygens (including phenoxy) is 2. The zero-order chi connectivity index (χ0) is 20.1. The van der Waals surface area contributed by atoms with Crippen molar-refractivity contribution in [3.05, 3.63) is 59.1 Å². The summed E-state index contributed by atoms with van der Waals surface area (Å²) < 4.78 is 12.2. The lowest BCUT2D eigenvalue weighted by atomic mass is 10.2. The molecule has 3 aromatic rings. The van der Waals surface area contributed by atoms with Crippen molar-refractivity contribution in [2.45, 2.75) is 19.9 Å². The van der Waals surface area contributed by atoms with Crippen LogP contribution in [-0.4, -0.2) is 36.6 Å². The van der Waals surface area contributed by atoms with E-state index in [9.17, 15) is 4.79 Å². The Bertz CT molecular complexity index is 963. The number of likely N-dealkylation sites (N-methyl/N-ethyl adjacent to an activating group) is 1. The molecule has 0 aliphatic rings. The third kappa shape index (κ3) is 4.34. The van der Waals surface area contributed by atoms with Gasteiger partial charge in [0, 0.05) is 7.05 Å². The third-order valence-electron chi connectivity index (χ3n) is 4.54. The molecule has 0 spiro atoms. The van der Waals surface area contributed by atoms with Crippen LogP contribution in [0.15, 0.2) is 48.5 Å². The molecular weight excluding hydrogens is 372 g/mol. The lowest BCUT2D eigenvalue weighted by Crippen LogP contribution is -2.33. The highest BCUT2D eigenvalue weighted by Crippen LogP contribution is 2.30. The van der Waals surface area contributed by atoms with Crippen molar-refractivity contribution in [3.8, 4) is 11.5 Å². The first kappa shape index (κ1) is 19.9. The van der Waals surface area contributed by atoms with Crippen molar-refractivity contribution < 1.29 is 14.3 Å². The first-order valence-electron chi connectivity index (χ1n) is 9.08. The molecule has 3 rings (SSSR count). The fourth-order valence-corrected chi connectivity index (χ4v) is 3.85. The van der Waals surface area contributed by atoms with Crippen LogP contribution in [0.25, 0.3) is 16.3 Å². The van der Waals surface area contributed by atoms with Crippen molar-refractivity contribution >= 4 is 33.5 Å². The summed E-state index contributed by atoms with van der Waals surface area (Å²) >= 11 is 1.61. The summed E-state index contributed by atoms with van der Waals surface area (Å²) in [6.07, 6.45) is 3.93. The first-order chi connectivity index (χ1) is 13.5. The van der Waals surface area contributed by atoms with E-state index in [1.807, 2.05) is 68.5 Å². The maximum atomic E-state index is 12.6. The Morgan fingerprint density at radius 3 is 2.75 bits per heavy atom. The summed E-state index contributed by atoms with van der Waals surface area (Å²) in [5.41, 5.74) is 1.97. The molecule has 0 fully saturated rings. The lowest BCUT2D eigenvalue weighted by Gasteiger charge is -2.23. The van der Waals surface area contributed by atoms with Crippen LogP contribution >= 0.6 is 11.3 Å². The van der Waals surface area contributed by atoms with Gasteiger partial charge in [0.15, 0.2) is 18.1 Å². The standard InChI is InChI=1S/C22H24N2O3S/c1-5-8-16-11-12-18(19(13-16)26-4)27-14-21(25)24(3)15(2)22-23-17-9-6-7-10-20(17)28-22/h5-13,15H,14H2,1-4H3/b8-5+/t15-/m1/s1. The fourth-order valence-electron chi connectivity index (χ4n) is 2.79. The molecule has 0 N–H and O–H groups in total. The van der Waals surface area contributed by atoms with Crippen molar-refractivity contribution in [1.82, 2.24) is 9.88 Å². The van der Waals surface area contributed by atoms with Crippen LogP contribution in [0.5, 0.6) is 11.5 Å². The quantitative estimate of drug-likeness (QED) is 0.568. The van der Waals surface area contributed by atoms with Gasteiger partial charge in [0.25, 0.3) is 5.91 Å². The van der Waals surface area contributed by atoms with Gasteiger partial charge in [-0.3, -0.25) is 4.79 Å². The number of para-hydroxylation sites is 1. The molecule has 0 saturated heterocycles. The van der Waals surface area contributed by atoms with E-state index in [0.717, 1.165) is 20.8 Å². The molecule has 1 amide bonds. The van der Waals surface area contributed by atoms with Gasteiger partial charge in [-0.2, -0.15) is 0 Å². The van der Waals surface area contributed by atoms with Crippen LogP contribution in [0.4, 0.5) is 0 Å². The number of fused-ring (bicyclic) bond motifs is 1. The number of allylic oxidation sites excluding steroid dienone is 1. The van der Waals surface area contributed by atoms with Crippen molar-refractivity contribution in [2.24, 2.45) is 0 Å². The summed E-state index contributed by atoms with van der Waals surface area (Å²) in [5, 5.41) is 0.908. The number of aromatic nitrogens is 1. The number of rotatable bonds is 7. The minimum Gasteiger partial charge on any atom is -0.493 e. The molecule has 2 aromatic carbocycles. The van der Waals surface area contributed by atoms with Crippen LogP contribution in [0.1, 0.15) is 30.5 Å². The van der Waals surface area contributed by atoms with Crippen LogP contribution < -0.4 is 9.47 Å². The predicted molar refractivity (Wildman–Crippen MR) is 114 cm³/mol. The minimum absolute atomic E-state index is 0.0644. The number of carbonyl (C=O) groups excluding carboxylic acids is 1. The van der Waals surface area contributed by atoms with Gasteiger partial charge < -0.3 is 14.4 Å². The number of carbonyl (C=O) groups is 1. The van der Waals surface area contributed by atoms with E-state index in [0.29, 0.717) is 11.5 Å². The van der Waals surface area contributed by atoms with E-state index in [1.54, 1.807) is 30.4 Å². The number of benzene rings is 2. The summed E-state index contributed by atoms with van der Waals surface area (Å²) in [5.74, 6) is 1.03. The normalized spacial score (nSPS) is 12.3. The zero-order valence-corrected chi connectivity index (χ0v) is 17.3. The van der Waals surface area contributed by atoms with Crippen LogP contribution in [0, 0.1) is 0 Å². The van der Waals surface area contributed by atoms with Gasteiger partial charge in [-0.15, -0.1) is 11.3 Å². The Labute approximate surface area is 169 Å². The predicted octanol–water partition coefficient (Wildman–Crippen LogP) is 4.94. The molecule has 146 valence electrons. The second-order valence-corrected chi connectivity index (χ2v) is 7.46. The lowest BCUT2D eigenvalue weighted by molar-refractivity contribution is -0.134. The summed E-state index contributed by atoms with van der Waals surface area (Å²) in [7, 11) is 3.36. The number of hydrogen-bond acceptors (Lipinski definition) is 5. The van der Waals surface area contributed by atoms with Gasteiger partial charge in [0.05, 0.1) is 23.4 Å².